The van der Waals surface area contributed by atoms with Crippen molar-refractivity contribution < 1.29 is 9.18 Å². The lowest BCUT2D eigenvalue weighted by Gasteiger charge is -2.36. The average Bonchev–Trinajstić information content (AvgIpc) is 3.32. The van der Waals surface area contributed by atoms with Gasteiger partial charge in [-0.3, -0.25) is 9.69 Å². The summed E-state index contributed by atoms with van der Waals surface area (Å²) in [5.41, 5.74) is 3.77. The van der Waals surface area contributed by atoms with Gasteiger partial charge in [0.1, 0.15) is 5.82 Å². The van der Waals surface area contributed by atoms with E-state index in [1.165, 1.54) is 28.5 Å². The highest BCUT2D eigenvalue weighted by Gasteiger charge is 2.27. The minimum atomic E-state index is -0.404. The lowest BCUT2D eigenvalue weighted by molar-refractivity contribution is 0.0754. The third-order valence-electron chi connectivity index (χ3n) is 8.12. The van der Waals surface area contributed by atoms with E-state index < -0.39 is 5.82 Å². The molecule has 1 amide bonds. The smallest absolute Gasteiger partial charge is 0.256 e. The minimum absolute atomic E-state index is 0.0165. The standard InChI is InChI=1S/C31H37FN4O/c1-21(2)34(4)31(37)27-18-25(32)10-11-29(27)36-20-28(26-12-15-33-19-30(26)36)24-13-16-35(17-14-24)22(3)23-8-6-5-7-9-23/h5-12,18-22,24,33H,13-17H2,1-4H3. The number of rotatable bonds is 6. The van der Waals surface area contributed by atoms with Crippen LogP contribution in [0.4, 0.5) is 4.39 Å². The fourth-order valence-electron chi connectivity index (χ4n) is 5.62. The monoisotopic (exact) mass is 500 g/mol. The van der Waals surface area contributed by atoms with Gasteiger partial charge in [-0.05, 0) is 81.9 Å². The molecule has 0 spiro atoms. The first-order valence-electron chi connectivity index (χ1n) is 13.4. The number of nitrogens with zero attached hydrogens (tertiary/aromatic N) is 3. The van der Waals surface area contributed by atoms with Gasteiger partial charge >= 0.3 is 0 Å². The number of carbonyl (C=O) groups excluding carboxylic acids is 1. The maximum Gasteiger partial charge on any atom is 0.256 e. The Morgan fingerprint density at radius 2 is 1.81 bits per heavy atom. The lowest BCUT2D eigenvalue weighted by Crippen LogP contribution is -2.40. The van der Waals surface area contributed by atoms with Crippen molar-refractivity contribution in [3.63, 3.8) is 0 Å². The summed E-state index contributed by atoms with van der Waals surface area (Å²) in [5.74, 6) is -0.140. The van der Waals surface area contributed by atoms with Gasteiger partial charge in [0.2, 0.25) is 0 Å². The van der Waals surface area contributed by atoms with Crippen LogP contribution in [-0.4, -0.2) is 53.0 Å². The summed E-state index contributed by atoms with van der Waals surface area (Å²) in [7, 11) is 1.77. The number of amides is 1. The second-order valence-electron chi connectivity index (χ2n) is 10.6. The van der Waals surface area contributed by atoms with Crippen molar-refractivity contribution in [1.29, 1.82) is 0 Å². The summed E-state index contributed by atoms with van der Waals surface area (Å²) in [4.78, 5) is 17.6. The van der Waals surface area contributed by atoms with Crippen LogP contribution in [0.3, 0.4) is 0 Å². The molecule has 37 heavy (non-hydrogen) atoms. The summed E-state index contributed by atoms with van der Waals surface area (Å²) in [6.07, 6.45) is 8.62. The van der Waals surface area contributed by atoms with E-state index >= 15 is 0 Å². The van der Waals surface area contributed by atoms with Crippen LogP contribution in [-0.2, 0) is 0 Å². The number of hydrogen-bond acceptors (Lipinski definition) is 3. The van der Waals surface area contributed by atoms with Crippen LogP contribution in [0.1, 0.15) is 67.1 Å². The molecule has 194 valence electrons. The zero-order valence-electron chi connectivity index (χ0n) is 22.2. The van der Waals surface area contributed by atoms with Crippen LogP contribution in [0, 0.1) is 5.82 Å². The normalized spacial score (nSPS) is 16.9. The van der Waals surface area contributed by atoms with E-state index in [4.69, 9.17) is 0 Å². The van der Waals surface area contributed by atoms with Crippen molar-refractivity contribution in [2.75, 3.05) is 26.7 Å². The topological polar surface area (TPSA) is 40.5 Å². The molecule has 1 unspecified atom stereocenters. The predicted octanol–water partition coefficient (Wildman–Crippen LogP) is 4.16. The summed E-state index contributed by atoms with van der Waals surface area (Å²) in [6, 6.07) is 15.7. The first-order chi connectivity index (χ1) is 17.8. The maximum atomic E-state index is 14.3. The van der Waals surface area contributed by atoms with E-state index in [-0.39, 0.29) is 11.9 Å². The van der Waals surface area contributed by atoms with Crippen LogP contribution in [0.25, 0.3) is 18.0 Å². The van der Waals surface area contributed by atoms with E-state index in [0.29, 0.717) is 23.2 Å². The number of fused-ring (bicyclic) bond motifs is 1. The van der Waals surface area contributed by atoms with Gasteiger partial charge < -0.3 is 14.8 Å². The Morgan fingerprint density at radius 1 is 1.08 bits per heavy atom. The van der Waals surface area contributed by atoms with Crippen molar-refractivity contribution in [2.45, 2.75) is 51.6 Å². The Bertz CT molecular complexity index is 1390. The lowest BCUT2D eigenvalue weighted by atomic mass is 9.88. The molecule has 0 saturated carbocycles. The van der Waals surface area contributed by atoms with Gasteiger partial charge in [-0.2, -0.15) is 0 Å². The third-order valence-corrected chi connectivity index (χ3v) is 8.12. The quantitative estimate of drug-likeness (QED) is 0.553. The summed E-state index contributed by atoms with van der Waals surface area (Å²) >= 11 is 0. The minimum Gasteiger partial charge on any atom is -0.386 e. The first kappa shape index (κ1) is 25.3. The van der Waals surface area contributed by atoms with Gasteiger partial charge in [0.15, 0.2) is 0 Å². The number of piperidine rings is 1. The summed E-state index contributed by atoms with van der Waals surface area (Å²) in [5, 5.41) is 5.58. The van der Waals surface area contributed by atoms with Crippen LogP contribution in [0.2, 0.25) is 0 Å². The molecule has 2 aromatic carbocycles. The van der Waals surface area contributed by atoms with E-state index in [9.17, 15) is 9.18 Å². The largest absolute Gasteiger partial charge is 0.386 e. The van der Waals surface area contributed by atoms with Crippen LogP contribution in [0.5, 0.6) is 0 Å². The van der Waals surface area contributed by atoms with Crippen molar-refractivity contribution in [2.24, 2.45) is 0 Å². The number of likely N-dealkylation sites (tertiary alicyclic amines) is 1. The van der Waals surface area contributed by atoms with Gasteiger partial charge in [0.25, 0.3) is 5.91 Å². The molecule has 1 aromatic heterocycles. The highest BCUT2D eigenvalue weighted by atomic mass is 19.1. The molecule has 2 aliphatic heterocycles. The van der Waals surface area contributed by atoms with Gasteiger partial charge in [-0.1, -0.05) is 36.4 Å². The number of benzene rings is 2. The Balaban J connectivity index is 1.47. The molecular weight excluding hydrogens is 463 g/mol. The van der Waals surface area contributed by atoms with Gasteiger partial charge in [0.05, 0.1) is 16.6 Å². The fraction of sp³-hybridized carbons (Fsp3) is 0.387. The Labute approximate surface area is 218 Å². The highest BCUT2D eigenvalue weighted by molar-refractivity contribution is 5.98. The number of hydrogen-bond donors (Lipinski definition) is 1. The third kappa shape index (κ3) is 4.95. The van der Waals surface area contributed by atoms with Crippen molar-refractivity contribution in [3.8, 4) is 5.69 Å². The van der Waals surface area contributed by atoms with Crippen molar-refractivity contribution in [3.05, 3.63) is 87.8 Å². The molecule has 3 heterocycles. The second-order valence-corrected chi connectivity index (χ2v) is 10.6. The van der Waals surface area contributed by atoms with Gasteiger partial charge in [-0.25, -0.2) is 4.39 Å². The average molecular weight is 501 g/mol. The predicted molar refractivity (Wildman–Crippen MR) is 148 cm³/mol. The van der Waals surface area contributed by atoms with E-state index in [2.05, 4.69) is 64.3 Å². The first-order valence-corrected chi connectivity index (χ1v) is 13.4. The van der Waals surface area contributed by atoms with Crippen LogP contribution < -0.4 is 15.9 Å². The molecular formula is C31H37FN4O. The van der Waals surface area contributed by atoms with Crippen molar-refractivity contribution >= 4 is 18.2 Å². The fourth-order valence-corrected chi connectivity index (χ4v) is 5.62. The molecule has 5 rings (SSSR count). The molecule has 1 N–H and O–H groups in total. The Morgan fingerprint density at radius 3 is 2.51 bits per heavy atom. The molecule has 2 aliphatic rings. The van der Waals surface area contributed by atoms with Crippen LogP contribution >= 0.6 is 0 Å². The number of carbonyl (C=O) groups is 1. The molecule has 1 saturated heterocycles. The zero-order chi connectivity index (χ0) is 26.1. The molecule has 5 nitrogen and oxygen atoms in total. The Hall–Kier alpha value is -3.38. The maximum absolute atomic E-state index is 14.3. The van der Waals surface area contributed by atoms with Crippen molar-refractivity contribution in [1.82, 2.24) is 19.7 Å². The molecule has 0 radical (unpaired) electrons. The van der Waals surface area contributed by atoms with E-state index in [1.54, 1.807) is 18.0 Å². The highest BCUT2D eigenvalue weighted by Crippen LogP contribution is 2.31. The summed E-state index contributed by atoms with van der Waals surface area (Å²) < 4.78 is 16.4. The van der Waals surface area contributed by atoms with E-state index in [1.807, 2.05) is 20.0 Å². The number of halogens is 1. The number of aromatic nitrogens is 1. The van der Waals surface area contributed by atoms with Crippen LogP contribution in [0.15, 0.2) is 54.7 Å². The summed E-state index contributed by atoms with van der Waals surface area (Å²) in [6.45, 7) is 9.08. The molecule has 0 bridgehead atoms. The molecule has 1 fully saturated rings. The SMILES string of the molecule is CC(c1ccccc1)N1CCC(c2cn(-c3ccc(F)cc3C(=O)N(C)C(C)C)c3c2=CCNC=3)CC1. The van der Waals surface area contributed by atoms with Gasteiger partial charge in [-0.15, -0.1) is 0 Å². The molecule has 0 aliphatic carbocycles. The Kier molecular flexibility index (Phi) is 7.20. The molecule has 1 atom stereocenters. The van der Waals surface area contributed by atoms with Gasteiger partial charge in [0, 0.05) is 43.3 Å². The second kappa shape index (κ2) is 10.5. The zero-order valence-corrected chi connectivity index (χ0v) is 22.2. The van der Waals surface area contributed by atoms with E-state index in [0.717, 1.165) is 37.8 Å². The molecule has 3 aromatic rings. The molecule has 6 heteroatoms. The number of nitrogens with one attached hydrogen (secondary N) is 1.